The topological polar surface area (TPSA) is 69.6 Å². The van der Waals surface area contributed by atoms with E-state index >= 15 is 0 Å². The van der Waals surface area contributed by atoms with Crippen molar-refractivity contribution in [1.29, 1.82) is 0 Å². The second-order valence-corrected chi connectivity index (χ2v) is 5.98. The molecule has 1 saturated heterocycles. The van der Waals surface area contributed by atoms with E-state index < -0.39 is 23.7 Å². The summed E-state index contributed by atoms with van der Waals surface area (Å²) in [5.41, 5.74) is 0.0926. The molecule has 21 heavy (non-hydrogen) atoms. The standard InChI is InChI=1S/C14H16BrFN2O3/c1-8-7-9(13(19)20)5-6-18(8)14(21)17-12-10(15)3-2-4-11(12)16/h2-4,8-9H,5-7H2,1H3,(H,17,21)(H,19,20). The molecule has 0 aromatic heterocycles. The largest absolute Gasteiger partial charge is 0.481 e. The molecule has 2 rings (SSSR count). The average molecular weight is 359 g/mol. The van der Waals surface area contributed by atoms with Crippen LogP contribution in [0.15, 0.2) is 22.7 Å². The Balaban J connectivity index is 2.06. The first-order valence-electron chi connectivity index (χ1n) is 6.64. The molecule has 1 aromatic carbocycles. The van der Waals surface area contributed by atoms with E-state index in [-0.39, 0.29) is 11.7 Å². The van der Waals surface area contributed by atoms with Gasteiger partial charge in [-0.15, -0.1) is 0 Å². The number of hydrogen-bond donors (Lipinski definition) is 2. The number of anilines is 1. The number of rotatable bonds is 2. The molecule has 1 fully saturated rings. The van der Waals surface area contributed by atoms with Gasteiger partial charge in [0, 0.05) is 17.1 Å². The van der Waals surface area contributed by atoms with Crippen molar-refractivity contribution in [2.24, 2.45) is 5.92 Å². The van der Waals surface area contributed by atoms with E-state index in [0.717, 1.165) is 0 Å². The second-order valence-electron chi connectivity index (χ2n) is 5.13. The average Bonchev–Trinajstić information content (AvgIpc) is 2.42. The van der Waals surface area contributed by atoms with Crippen LogP contribution in [0.1, 0.15) is 19.8 Å². The minimum Gasteiger partial charge on any atom is -0.481 e. The van der Waals surface area contributed by atoms with Crippen molar-refractivity contribution < 1.29 is 19.1 Å². The first-order chi connectivity index (χ1) is 9.90. The van der Waals surface area contributed by atoms with E-state index in [1.807, 2.05) is 0 Å². The lowest BCUT2D eigenvalue weighted by atomic mass is 9.92. The molecule has 0 radical (unpaired) electrons. The summed E-state index contributed by atoms with van der Waals surface area (Å²) < 4.78 is 14.2. The monoisotopic (exact) mass is 358 g/mol. The predicted molar refractivity (Wildman–Crippen MR) is 79.6 cm³/mol. The Morgan fingerprint density at radius 1 is 1.48 bits per heavy atom. The summed E-state index contributed by atoms with van der Waals surface area (Å²) in [5.74, 6) is -1.78. The van der Waals surface area contributed by atoms with Gasteiger partial charge < -0.3 is 15.3 Å². The van der Waals surface area contributed by atoms with Gasteiger partial charge >= 0.3 is 12.0 Å². The van der Waals surface area contributed by atoms with Gasteiger partial charge in [-0.05, 0) is 47.8 Å². The van der Waals surface area contributed by atoms with E-state index in [4.69, 9.17) is 5.11 Å². The minimum atomic E-state index is -0.834. The van der Waals surface area contributed by atoms with Crippen LogP contribution in [-0.2, 0) is 4.79 Å². The molecule has 0 bridgehead atoms. The SMILES string of the molecule is CC1CC(C(=O)O)CCN1C(=O)Nc1c(F)cccc1Br. The van der Waals surface area contributed by atoms with Crippen molar-refractivity contribution in [1.82, 2.24) is 4.90 Å². The highest BCUT2D eigenvalue weighted by Gasteiger charge is 2.32. The molecular formula is C14H16BrFN2O3. The molecule has 114 valence electrons. The first kappa shape index (κ1) is 15.8. The molecular weight excluding hydrogens is 343 g/mol. The molecule has 1 aromatic rings. The third-order valence-corrected chi connectivity index (χ3v) is 4.34. The molecule has 2 atom stereocenters. The normalized spacial score (nSPS) is 22.0. The first-order valence-corrected chi connectivity index (χ1v) is 7.44. The Morgan fingerprint density at radius 3 is 2.76 bits per heavy atom. The highest BCUT2D eigenvalue weighted by Crippen LogP contribution is 2.27. The smallest absolute Gasteiger partial charge is 0.322 e. The molecule has 1 aliphatic rings. The summed E-state index contributed by atoms with van der Waals surface area (Å²) in [6.45, 7) is 2.14. The number of amides is 2. The number of aliphatic carboxylic acids is 1. The van der Waals surface area contributed by atoms with Crippen LogP contribution in [0.25, 0.3) is 0 Å². The molecule has 0 aliphatic carbocycles. The number of likely N-dealkylation sites (tertiary alicyclic amines) is 1. The molecule has 1 aliphatic heterocycles. The van der Waals surface area contributed by atoms with Gasteiger partial charge in [0.05, 0.1) is 11.6 Å². The maximum Gasteiger partial charge on any atom is 0.322 e. The second kappa shape index (κ2) is 6.43. The van der Waals surface area contributed by atoms with Crippen LogP contribution in [0.4, 0.5) is 14.9 Å². The molecule has 1 heterocycles. The Kier molecular flexibility index (Phi) is 4.82. The number of carboxylic acids is 1. The highest BCUT2D eigenvalue weighted by molar-refractivity contribution is 9.10. The van der Waals surface area contributed by atoms with Gasteiger partial charge in [-0.2, -0.15) is 0 Å². The van der Waals surface area contributed by atoms with E-state index in [2.05, 4.69) is 21.2 Å². The number of nitrogens with one attached hydrogen (secondary N) is 1. The van der Waals surface area contributed by atoms with Gasteiger partial charge in [0.25, 0.3) is 0 Å². The van der Waals surface area contributed by atoms with Crippen LogP contribution in [0.2, 0.25) is 0 Å². The van der Waals surface area contributed by atoms with Crippen LogP contribution in [0.3, 0.4) is 0 Å². The van der Waals surface area contributed by atoms with E-state index in [1.54, 1.807) is 13.0 Å². The van der Waals surface area contributed by atoms with Gasteiger partial charge in [0.1, 0.15) is 5.82 Å². The van der Waals surface area contributed by atoms with Gasteiger partial charge in [0.2, 0.25) is 0 Å². The number of carbonyl (C=O) groups excluding carboxylic acids is 1. The number of piperidine rings is 1. The fourth-order valence-electron chi connectivity index (χ4n) is 2.49. The van der Waals surface area contributed by atoms with E-state index in [0.29, 0.717) is 23.9 Å². The Labute approximate surface area is 130 Å². The summed E-state index contributed by atoms with van der Waals surface area (Å²) in [7, 11) is 0. The number of carboxylic acid groups (broad SMARTS) is 1. The lowest BCUT2D eigenvalue weighted by molar-refractivity contribution is -0.143. The van der Waals surface area contributed by atoms with Crippen LogP contribution >= 0.6 is 15.9 Å². The number of nitrogens with zero attached hydrogens (tertiary/aromatic N) is 1. The van der Waals surface area contributed by atoms with Crippen molar-refractivity contribution in [2.45, 2.75) is 25.8 Å². The quantitative estimate of drug-likeness (QED) is 0.851. The molecule has 0 saturated carbocycles. The molecule has 2 unspecified atom stereocenters. The van der Waals surface area contributed by atoms with Crippen molar-refractivity contribution in [3.05, 3.63) is 28.5 Å². The number of para-hydroxylation sites is 1. The van der Waals surface area contributed by atoms with Gasteiger partial charge in [-0.1, -0.05) is 6.07 Å². The summed E-state index contributed by atoms with van der Waals surface area (Å²) in [6.07, 6.45) is 0.812. The van der Waals surface area contributed by atoms with Crippen LogP contribution in [-0.4, -0.2) is 34.6 Å². The number of halogens is 2. The lowest BCUT2D eigenvalue weighted by Crippen LogP contribution is -2.47. The van der Waals surface area contributed by atoms with Gasteiger partial charge in [0.15, 0.2) is 0 Å². The van der Waals surface area contributed by atoms with E-state index in [9.17, 15) is 14.0 Å². The zero-order chi connectivity index (χ0) is 15.6. The van der Waals surface area contributed by atoms with Crippen LogP contribution in [0.5, 0.6) is 0 Å². The van der Waals surface area contributed by atoms with Gasteiger partial charge in [-0.3, -0.25) is 4.79 Å². The van der Waals surface area contributed by atoms with Crippen LogP contribution < -0.4 is 5.32 Å². The number of benzene rings is 1. The minimum absolute atomic E-state index is 0.0926. The summed E-state index contributed by atoms with van der Waals surface area (Å²) in [6, 6.07) is 3.82. The zero-order valence-electron chi connectivity index (χ0n) is 11.5. The third kappa shape index (κ3) is 3.53. The zero-order valence-corrected chi connectivity index (χ0v) is 13.1. The predicted octanol–water partition coefficient (Wildman–Crippen LogP) is 3.31. The molecule has 2 amide bonds. The summed E-state index contributed by atoms with van der Waals surface area (Å²) in [5, 5.41) is 11.6. The van der Waals surface area contributed by atoms with Crippen molar-refractivity contribution in [3.63, 3.8) is 0 Å². The van der Waals surface area contributed by atoms with Crippen molar-refractivity contribution in [2.75, 3.05) is 11.9 Å². The molecule has 7 heteroatoms. The van der Waals surface area contributed by atoms with Crippen LogP contribution in [0, 0.1) is 11.7 Å². The molecule has 2 N–H and O–H groups in total. The Morgan fingerprint density at radius 2 is 2.19 bits per heavy atom. The molecule has 5 nitrogen and oxygen atoms in total. The Hall–Kier alpha value is -1.63. The number of urea groups is 1. The highest BCUT2D eigenvalue weighted by atomic mass is 79.9. The van der Waals surface area contributed by atoms with Crippen molar-refractivity contribution >= 4 is 33.6 Å². The number of carbonyl (C=O) groups is 2. The fourth-order valence-corrected chi connectivity index (χ4v) is 2.94. The maximum atomic E-state index is 13.7. The van der Waals surface area contributed by atoms with E-state index in [1.165, 1.54) is 17.0 Å². The summed E-state index contributed by atoms with van der Waals surface area (Å²) >= 11 is 3.19. The lowest BCUT2D eigenvalue weighted by Gasteiger charge is -2.36. The maximum absolute atomic E-state index is 13.7. The van der Waals surface area contributed by atoms with Crippen molar-refractivity contribution in [3.8, 4) is 0 Å². The summed E-state index contributed by atoms with van der Waals surface area (Å²) in [4.78, 5) is 24.8. The number of hydrogen-bond acceptors (Lipinski definition) is 2. The third-order valence-electron chi connectivity index (χ3n) is 3.68. The fraction of sp³-hybridized carbons (Fsp3) is 0.429. The van der Waals surface area contributed by atoms with Gasteiger partial charge in [-0.25, -0.2) is 9.18 Å². The molecule has 0 spiro atoms. The Bertz CT molecular complexity index is 547.